The van der Waals surface area contributed by atoms with Gasteiger partial charge in [-0.15, -0.1) is 0 Å². The Morgan fingerprint density at radius 1 is 1.06 bits per heavy atom. The van der Waals surface area contributed by atoms with Gasteiger partial charge in [0, 0.05) is 47.3 Å². The minimum atomic E-state index is 0.497. The summed E-state index contributed by atoms with van der Waals surface area (Å²) < 4.78 is 4.11. The normalized spacial score (nSPS) is 11.7. The Balaban J connectivity index is 1.46. The van der Waals surface area contributed by atoms with E-state index in [-0.39, 0.29) is 0 Å². The molecule has 0 radical (unpaired) electrons. The van der Waals surface area contributed by atoms with Crippen LogP contribution in [0.2, 0.25) is 5.02 Å². The van der Waals surface area contributed by atoms with Crippen LogP contribution in [0.4, 0.5) is 11.6 Å². The molecule has 0 spiro atoms. The van der Waals surface area contributed by atoms with Crippen molar-refractivity contribution in [3.8, 4) is 11.3 Å². The van der Waals surface area contributed by atoms with E-state index in [9.17, 15) is 0 Å². The number of rotatable bonds is 6. The monoisotopic (exact) mass is 445 g/mol. The van der Waals surface area contributed by atoms with Crippen molar-refractivity contribution in [3.63, 3.8) is 0 Å². The zero-order valence-corrected chi connectivity index (χ0v) is 19.0. The first kappa shape index (κ1) is 20.5. The SMILES string of the molecule is CN(C)CCn1ncc2cc(Nc3ncc(Cl)c(-c4cn(C)c5ccccc45)n3)ccc21. The van der Waals surface area contributed by atoms with E-state index in [0.29, 0.717) is 16.7 Å². The molecule has 3 heterocycles. The highest BCUT2D eigenvalue weighted by Crippen LogP contribution is 2.34. The summed E-state index contributed by atoms with van der Waals surface area (Å²) in [5.74, 6) is 0.497. The van der Waals surface area contributed by atoms with Gasteiger partial charge in [0.2, 0.25) is 5.95 Å². The van der Waals surface area contributed by atoms with E-state index in [1.54, 1.807) is 6.20 Å². The minimum Gasteiger partial charge on any atom is -0.350 e. The lowest BCUT2D eigenvalue weighted by atomic mass is 10.1. The molecule has 5 aromatic rings. The number of halogens is 1. The van der Waals surface area contributed by atoms with Crippen LogP contribution < -0.4 is 5.32 Å². The summed E-state index contributed by atoms with van der Waals surface area (Å²) >= 11 is 6.50. The van der Waals surface area contributed by atoms with Crippen LogP contribution in [0.5, 0.6) is 0 Å². The van der Waals surface area contributed by atoms with Crippen LogP contribution in [0.1, 0.15) is 0 Å². The van der Waals surface area contributed by atoms with Crippen molar-refractivity contribution in [2.24, 2.45) is 7.05 Å². The molecular formula is C24H24ClN7. The summed E-state index contributed by atoms with van der Waals surface area (Å²) in [6, 6.07) is 14.4. The summed E-state index contributed by atoms with van der Waals surface area (Å²) in [7, 11) is 6.15. The van der Waals surface area contributed by atoms with Gasteiger partial charge in [0.05, 0.1) is 35.2 Å². The fourth-order valence-corrected chi connectivity index (χ4v) is 4.11. The molecule has 2 aromatic carbocycles. The summed E-state index contributed by atoms with van der Waals surface area (Å²) in [5, 5.41) is 10.5. The van der Waals surface area contributed by atoms with Gasteiger partial charge in [-0.05, 0) is 38.4 Å². The number of fused-ring (bicyclic) bond motifs is 2. The second kappa shape index (κ2) is 8.26. The van der Waals surface area contributed by atoms with Gasteiger partial charge in [-0.3, -0.25) is 4.68 Å². The standard InChI is InChI=1S/C24H24ClN7/c1-30(2)10-11-32-21-9-8-17(12-16(21)13-27-32)28-24-26-14-20(25)23(29-24)19-15-31(3)22-7-5-4-6-18(19)22/h4-9,12-15H,10-11H2,1-3H3,(H,26,28,29). The number of aromatic nitrogens is 5. The van der Waals surface area contributed by atoms with Gasteiger partial charge in [-0.2, -0.15) is 5.10 Å². The number of hydrogen-bond acceptors (Lipinski definition) is 5. The van der Waals surface area contributed by atoms with E-state index >= 15 is 0 Å². The maximum atomic E-state index is 6.50. The van der Waals surface area contributed by atoms with Crippen LogP contribution in [0.25, 0.3) is 33.1 Å². The molecule has 0 aliphatic rings. The molecule has 0 aliphatic heterocycles. The maximum absolute atomic E-state index is 6.50. The number of aryl methyl sites for hydroxylation is 1. The van der Waals surface area contributed by atoms with E-state index in [0.717, 1.165) is 46.1 Å². The molecule has 1 N–H and O–H groups in total. The van der Waals surface area contributed by atoms with Gasteiger partial charge < -0.3 is 14.8 Å². The molecule has 0 amide bonds. The van der Waals surface area contributed by atoms with E-state index in [2.05, 4.69) is 69.4 Å². The lowest BCUT2D eigenvalue weighted by Gasteiger charge is -2.10. The number of para-hydroxylation sites is 1. The molecule has 5 rings (SSSR count). The van der Waals surface area contributed by atoms with Crippen molar-refractivity contribution in [1.29, 1.82) is 0 Å². The van der Waals surface area contributed by atoms with Gasteiger partial charge >= 0.3 is 0 Å². The number of hydrogen-bond donors (Lipinski definition) is 1. The molecule has 8 heteroatoms. The Morgan fingerprint density at radius 2 is 1.91 bits per heavy atom. The lowest BCUT2D eigenvalue weighted by Crippen LogP contribution is -2.18. The topological polar surface area (TPSA) is 63.8 Å². The Morgan fingerprint density at radius 3 is 2.75 bits per heavy atom. The van der Waals surface area contributed by atoms with E-state index in [4.69, 9.17) is 16.6 Å². The molecule has 7 nitrogen and oxygen atoms in total. The lowest BCUT2D eigenvalue weighted by molar-refractivity contribution is 0.377. The molecule has 0 unspecified atom stereocenters. The largest absolute Gasteiger partial charge is 0.350 e. The molecule has 0 saturated heterocycles. The predicted molar refractivity (Wildman–Crippen MR) is 131 cm³/mol. The Bertz CT molecular complexity index is 1420. The molecule has 0 saturated carbocycles. The van der Waals surface area contributed by atoms with Crippen LogP contribution in [-0.2, 0) is 13.6 Å². The highest BCUT2D eigenvalue weighted by atomic mass is 35.5. The number of nitrogens with zero attached hydrogens (tertiary/aromatic N) is 6. The van der Waals surface area contributed by atoms with Crippen molar-refractivity contribution in [2.45, 2.75) is 6.54 Å². The fraction of sp³-hybridized carbons (Fsp3) is 0.208. The van der Waals surface area contributed by atoms with Crippen LogP contribution >= 0.6 is 11.6 Å². The molecule has 0 fully saturated rings. The van der Waals surface area contributed by atoms with Gasteiger partial charge in [-0.25, -0.2) is 9.97 Å². The molecule has 0 atom stereocenters. The molecular weight excluding hydrogens is 422 g/mol. The molecule has 32 heavy (non-hydrogen) atoms. The van der Waals surface area contributed by atoms with Crippen molar-refractivity contribution in [3.05, 3.63) is 66.1 Å². The Hall–Kier alpha value is -3.42. The zero-order valence-electron chi connectivity index (χ0n) is 18.2. The molecule has 0 bridgehead atoms. The zero-order chi connectivity index (χ0) is 22.2. The summed E-state index contributed by atoms with van der Waals surface area (Å²) in [5.41, 5.74) is 4.82. The second-order valence-electron chi connectivity index (χ2n) is 8.13. The van der Waals surface area contributed by atoms with E-state index < -0.39 is 0 Å². The van der Waals surface area contributed by atoms with Crippen molar-refractivity contribution < 1.29 is 0 Å². The highest BCUT2D eigenvalue weighted by Gasteiger charge is 2.14. The van der Waals surface area contributed by atoms with Crippen LogP contribution in [0.15, 0.2) is 61.1 Å². The third kappa shape index (κ3) is 3.81. The van der Waals surface area contributed by atoms with Crippen LogP contribution in [-0.4, -0.2) is 49.9 Å². The Labute approximate surface area is 191 Å². The van der Waals surface area contributed by atoms with E-state index in [1.165, 1.54) is 0 Å². The average Bonchev–Trinajstić information content (AvgIpc) is 3.34. The molecule has 3 aromatic heterocycles. The van der Waals surface area contributed by atoms with Gasteiger partial charge in [-0.1, -0.05) is 29.8 Å². The minimum absolute atomic E-state index is 0.497. The summed E-state index contributed by atoms with van der Waals surface area (Å²) in [6.45, 7) is 1.78. The van der Waals surface area contributed by atoms with Crippen LogP contribution in [0, 0.1) is 0 Å². The quantitative estimate of drug-likeness (QED) is 0.401. The first-order valence-electron chi connectivity index (χ1n) is 10.4. The van der Waals surface area contributed by atoms with Gasteiger partial charge in [0.15, 0.2) is 0 Å². The van der Waals surface area contributed by atoms with Gasteiger partial charge in [0.1, 0.15) is 0 Å². The molecule has 162 valence electrons. The fourth-order valence-electron chi connectivity index (χ4n) is 3.91. The van der Waals surface area contributed by atoms with Crippen molar-refractivity contribution in [1.82, 2.24) is 29.2 Å². The van der Waals surface area contributed by atoms with Crippen molar-refractivity contribution in [2.75, 3.05) is 26.0 Å². The van der Waals surface area contributed by atoms with Crippen LogP contribution in [0.3, 0.4) is 0 Å². The van der Waals surface area contributed by atoms with Gasteiger partial charge in [0.25, 0.3) is 0 Å². The third-order valence-electron chi connectivity index (χ3n) is 5.55. The smallest absolute Gasteiger partial charge is 0.227 e. The summed E-state index contributed by atoms with van der Waals surface area (Å²) in [4.78, 5) is 11.3. The van der Waals surface area contributed by atoms with Crippen molar-refractivity contribution >= 4 is 45.0 Å². The number of anilines is 2. The average molecular weight is 446 g/mol. The van der Waals surface area contributed by atoms with E-state index in [1.807, 2.05) is 36.1 Å². The maximum Gasteiger partial charge on any atom is 0.227 e. The first-order chi connectivity index (χ1) is 15.5. The number of likely N-dealkylation sites (N-methyl/N-ethyl adjacent to an activating group) is 1. The Kier molecular flexibility index (Phi) is 5.28. The predicted octanol–water partition coefficient (Wildman–Crippen LogP) is 4.94. The highest BCUT2D eigenvalue weighted by molar-refractivity contribution is 6.33. The summed E-state index contributed by atoms with van der Waals surface area (Å²) in [6.07, 6.45) is 5.59. The number of benzene rings is 2. The molecule has 0 aliphatic carbocycles. The third-order valence-corrected chi connectivity index (χ3v) is 5.83. The number of nitrogens with one attached hydrogen (secondary N) is 1. The first-order valence-corrected chi connectivity index (χ1v) is 10.8. The second-order valence-corrected chi connectivity index (χ2v) is 8.54.